The summed E-state index contributed by atoms with van der Waals surface area (Å²) in [7, 11) is 0. The van der Waals surface area contributed by atoms with Crippen LogP contribution in [0.4, 0.5) is 0 Å². The van der Waals surface area contributed by atoms with Gasteiger partial charge >= 0.3 is 5.97 Å². The summed E-state index contributed by atoms with van der Waals surface area (Å²) in [6.45, 7) is 0.497. The molecule has 1 unspecified atom stereocenters. The van der Waals surface area contributed by atoms with Gasteiger partial charge in [0.05, 0.1) is 17.2 Å². The second kappa shape index (κ2) is 9.12. The van der Waals surface area contributed by atoms with E-state index in [-0.39, 0.29) is 11.1 Å². The lowest BCUT2D eigenvalue weighted by molar-refractivity contribution is -0.132. The van der Waals surface area contributed by atoms with E-state index in [2.05, 4.69) is 16.7 Å². The van der Waals surface area contributed by atoms with E-state index in [0.29, 0.717) is 12.2 Å². The monoisotopic (exact) mass is 407 g/mol. The number of dihydropyridines is 1. The minimum atomic E-state index is -1.12. The predicted octanol–water partition coefficient (Wildman–Crippen LogP) is 4.32. The lowest BCUT2D eigenvalue weighted by Gasteiger charge is -2.27. The molecule has 0 amide bonds. The average molecular weight is 407 g/mol. The third-order valence-electron chi connectivity index (χ3n) is 5.17. The van der Waals surface area contributed by atoms with Gasteiger partial charge < -0.3 is 10.4 Å². The highest BCUT2D eigenvalue weighted by Gasteiger charge is 2.27. The van der Waals surface area contributed by atoms with Crippen molar-refractivity contribution in [1.82, 2.24) is 10.6 Å². The maximum absolute atomic E-state index is 11.9. The number of nitrogens with one attached hydrogen (secondary N) is 2. The first-order valence-electron chi connectivity index (χ1n) is 9.94. The van der Waals surface area contributed by atoms with Crippen molar-refractivity contribution in [2.45, 2.75) is 12.7 Å². The van der Waals surface area contributed by atoms with E-state index in [4.69, 9.17) is 0 Å². The summed E-state index contributed by atoms with van der Waals surface area (Å²) < 4.78 is 0. The maximum Gasteiger partial charge on any atom is 0.336 e. The molecule has 4 rings (SSSR count). The number of nitrogens with zero attached hydrogens (tertiary/aromatic N) is 1. The van der Waals surface area contributed by atoms with Crippen molar-refractivity contribution in [3.05, 3.63) is 113 Å². The second-order valence-electron chi connectivity index (χ2n) is 7.19. The Morgan fingerprint density at radius 2 is 1.48 bits per heavy atom. The van der Waals surface area contributed by atoms with Crippen molar-refractivity contribution < 1.29 is 9.90 Å². The SMILES string of the molecule is N#CC1=C(C(=O)O)C=C(c2ccc(-c3ccccc3)cc2)NC1NCc1ccccc1. The van der Waals surface area contributed by atoms with Gasteiger partial charge in [0.15, 0.2) is 0 Å². The van der Waals surface area contributed by atoms with E-state index in [1.54, 1.807) is 0 Å². The molecule has 3 N–H and O–H groups in total. The third kappa shape index (κ3) is 4.55. The van der Waals surface area contributed by atoms with Gasteiger partial charge in [0.25, 0.3) is 0 Å². The maximum atomic E-state index is 11.9. The number of rotatable bonds is 6. The molecule has 0 radical (unpaired) electrons. The van der Waals surface area contributed by atoms with Crippen molar-refractivity contribution >= 4 is 11.7 Å². The number of carboxylic acid groups (broad SMARTS) is 1. The van der Waals surface area contributed by atoms with Gasteiger partial charge in [-0.2, -0.15) is 5.26 Å². The van der Waals surface area contributed by atoms with E-state index in [9.17, 15) is 15.2 Å². The Bertz CT molecular complexity index is 1170. The Morgan fingerprint density at radius 1 is 0.903 bits per heavy atom. The number of benzene rings is 3. The van der Waals surface area contributed by atoms with Crippen molar-refractivity contribution in [3.8, 4) is 17.2 Å². The van der Waals surface area contributed by atoms with Crippen molar-refractivity contribution in [2.75, 3.05) is 0 Å². The van der Waals surface area contributed by atoms with Crippen molar-refractivity contribution in [1.29, 1.82) is 5.26 Å². The highest BCUT2D eigenvalue weighted by atomic mass is 16.4. The number of hydrogen-bond acceptors (Lipinski definition) is 4. The molecule has 31 heavy (non-hydrogen) atoms. The van der Waals surface area contributed by atoms with E-state index in [1.165, 1.54) is 6.08 Å². The van der Waals surface area contributed by atoms with Gasteiger partial charge in [-0.15, -0.1) is 0 Å². The van der Waals surface area contributed by atoms with Gasteiger partial charge in [-0.25, -0.2) is 4.79 Å². The number of carbonyl (C=O) groups is 1. The lowest BCUT2D eigenvalue weighted by Crippen LogP contribution is -2.45. The molecule has 1 heterocycles. The second-order valence-corrected chi connectivity index (χ2v) is 7.19. The zero-order valence-electron chi connectivity index (χ0n) is 16.7. The van der Waals surface area contributed by atoms with E-state index in [1.807, 2.05) is 84.9 Å². The Kier molecular flexibility index (Phi) is 5.93. The van der Waals surface area contributed by atoms with Crippen LogP contribution < -0.4 is 10.6 Å². The van der Waals surface area contributed by atoms with Gasteiger partial charge in [-0.3, -0.25) is 5.32 Å². The summed E-state index contributed by atoms with van der Waals surface area (Å²) in [6, 6.07) is 29.8. The minimum Gasteiger partial charge on any atom is -0.478 e. The average Bonchev–Trinajstić information content (AvgIpc) is 2.83. The molecule has 0 aromatic heterocycles. The zero-order chi connectivity index (χ0) is 21.6. The molecule has 0 aliphatic carbocycles. The lowest BCUT2D eigenvalue weighted by atomic mass is 9.96. The Hall–Kier alpha value is -4.14. The summed E-state index contributed by atoms with van der Waals surface area (Å²) in [5, 5.41) is 25.9. The van der Waals surface area contributed by atoms with Crippen LogP contribution in [-0.2, 0) is 11.3 Å². The van der Waals surface area contributed by atoms with Gasteiger partial charge in [-0.05, 0) is 28.3 Å². The Morgan fingerprint density at radius 3 is 2.10 bits per heavy atom. The molecular weight excluding hydrogens is 386 g/mol. The fourth-order valence-corrected chi connectivity index (χ4v) is 3.56. The summed E-state index contributed by atoms with van der Waals surface area (Å²) in [5.74, 6) is -1.12. The summed E-state index contributed by atoms with van der Waals surface area (Å²) in [5.41, 5.74) is 4.89. The van der Waals surface area contributed by atoms with Crippen LogP contribution in [0.1, 0.15) is 11.1 Å². The number of hydrogen-bond donors (Lipinski definition) is 3. The van der Waals surface area contributed by atoms with Crippen LogP contribution in [-0.4, -0.2) is 17.2 Å². The summed E-state index contributed by atoms with van der Waals surface area (Å²) in [6.07, 6.45) is 0.921. The first kappa shape index (κ1) is 20.1. The van der Waals surface area contributed by atoms with Crippen LogP contribution in [0.25, 0.3) is 16.8 Å². The molecule has 0 bridgehead atoms. The molecule has 152 valence electrons. The molecule has 0 spiro atoms. The van der Waals surface area contributed by atoms with Crippen LogP contribution in [0.2, 0.25) is 0 Å². The quantitative estimate of drug-likeness (QED) is 0.567. The third-order valence-corrected chi connectivity index (χ3v) is 5.17. The largest absolute Gasteiger partial charge is 0.478 e. The van der Waals surface area contributed by atoms with Crippen molar-refractivity contribution in [2.24, 2.45) is 0 Å². The molecule has 1 aliphatic rings. The highest BCUT2D eigenvalue weighted by Crippen LogP contribution is 2.26. The van der Waals surface area contributed by atoms with Crippen LogP contribution in [0, 0.1) is 11.3 Å². The first-order valence-corrected chi connectivity index (χ1v) is 9.94. The molecular formula is C26H21N3O2. The van der Waals surface area contributed by atoms with Crippen LogP contribution in [0.3, 0.4) is 0 Å². The predicted molar refractivity (Wildman–Crippen MR) is 120 cm³/mol. The smallest absolute Gasteiger partial charge is 0.336 e. The molecule has 0 saturated heterocycles. The van der Waals surface area contributed by atoms with Crippen LogP contribution >= 0.6 is 0 Å². The molecule has 5 heteroatoms. The summed E-state index contributed by atoms with van der Waals surface area (Å²) in [4.78, 5) is 11.9. The first-order chi connectivity index (χ1) is 15.2. The van der Waals surface area contributed by atoms with Crippen molar-refractivity contribution in [3.63, 3.8) is 0 Å². The fraction of sp³-hybridized carbons (Fsp3) is 0.0769. The zero-order valence-corrected chi connectivity index (χ0v) is 16.7. The van der Waals surface area contributed by atoms with Gasteiger partial charge in [0, 0.05) is 12.2 Å². The van der Waals surface area contributed by atoms with Crippen LogP contribution in [0.5, 0.6) is 0 Å². The van der Waals surface area contributed by atoms with Gasteiger partial charge in [0.1, 0.15) is 6.17 Å². The van der Waals surface area contributed by atoms with Gasteiger partial charge in [0.2, 0.25) is 0 Å². The van der Waals surface area contributed by atoms with E-state index in [0.717, 1.165) is 22.3 Å². The number of aliphatic carboxylic acids is 1. The van der Waals surface area contributed by atoms with E-state index < -0.39 is 12.1 Å². The van der Waals surface area contributed by atoms with Crippen LogP contribution in [0.15, 0.2) is 102 Å². The highest BCUT2D eigenvalue weighted by molar-refractivity contribution is 5.95. The Balaban J connectivity index is 1.62. The number of carboxylic acids is 1. The topological polar surface area (TPSA) is 85.2 Å². The van der Waals surface area contributed by atoms with Gasteiger partial charge in [-0.1, -0.05) is 84.9 Å². The molecule has 3 aromatic carbocycles. The fourth-order valence-electron chi connectivity index (χ4n) is 3.56. The molecule has 5 nitrogen and oxygen atoms in total. The molecule has 3 aromatic rings. The molecule has 0 fully saturated rings. The van der Waals surface area contributed by atoms with E-state index >= 15 is 0 Å². The number of nitriles is 1. The molecule has 1 atom stereocenters. The normalized spacial score (nSPS) is 15.6. The minimum absolute atomic E-state index is 0.00560. The standard InChI is InChI=1S/C26H21N3O2/c27-16-23-22(26(30)31)15-24(29-25(23)28-17-18-7-3-1-4-8-18)21-13-11-20(12-14-21)19-9-5-2-6-10-19/h1-15,25,28-29H,17H2,(H,30,31). The summed E-state index contributed by atoms with van der Waals surface area (Å²) >= 11 is 0. The Labute approximate surface area is 181 Å². The molecule has 0 saturated carbocycles. The molecule has 1 aliphatic heterocycles.